The number of alkyl halides is 4. The van der Waals surface area contributed by atoms with Crippen LogP contribution in [0.25, 0.3) is 6.08 Å². The van der Waals surface area contributed by atoms with E-state index in [4.69, 9.17) is 0 Å². The largest absolute Gasteiger partial charge is 0.416 e. The van der Waals surface area contributed by atoms with E-state index in [2.05, 4.69) is 21.8 Å². The van der Waals surface area contributed by atoms with Crippen LogP contribution in [0.1, 0.15) is 36.0 Å². The molecule has 3 heterocycles. The quantitative estimate of drug-likeness (QED) is 0.218. The summed E-state index contributed by atoms with van der Waals surface area (Å²) in [7, 11) is 4.06. The third-order valence-corrected chi connectivity index (χ3v) is 8.81. The highest BCUT2D eigenvalue weighted by atomic mass is 19.4. The van der Waals surface area contributed by atoms with Crippen LogP contribution >= 0.6 is 0 Å². The average molecular weight is 610 g/mol. The molecular weight excluding hydrogens is 570 g/mol. The molecule has 1 aromatic heterocycles. The molecule has 10 heteroatoms. The number of nitrogens with zero attached hydrogens (tertiary/aromatic N) is 5. The van der Waals surface area contributed by atoms with Crippen molar-refractivity contribution >= 4 is 23.4 Å². The molecule has 234 valence electrons. The van der Waals surface area contributed by atoms with Gasteiger partial charge in [-0.3, -0.25) is 14.7 Å². The lowest BCUT2D eigenvalue weighted by Gasteiger charge is -2.45. The van der Waals surface area contributed by atoms with Crippen molar-refractivity contribution in [2.75, 3.05) is 45.2 Å². The smallest absolute Gasteiger partial charge is 0.345 e. The van der Waals surface area contributed by atoms with Crippen LogP contribution in [0.4, 0.5) is 28.9 Å². The number of aromatic nitrogens is 1. The molecule has 1 amide bonds. The topological polar surface area (TPSA) is 42.9 Å². The fourth-order valence-electron chi connectivity index (χ4n) is 6.10. The first-order chi connectivity index (χ1) is 21.1. The maximum Gasteiger partial charge on any atom is 0.416 e. The molecule has 0 bridgehead atoms. The lowest BCUT2D eigenvalue weighted by molar-refractivity contribution is -0.137. The fraction of sp³-hybridized carbons (Fsp3) is 0.412. The van der Waals surface area contributed by atoms with Crippen molar-refractivity contribution in [3.63, 3.8) is 0 Å². The summed E-state index contributed by atoms with van der Waals surface area (Å²) in [6, 6.07) is 16.0. The zero-order valence-electron chi connectivity index (χ0n) is 25.1. The van der Waals surface area contributed by atoms with Crippen LogP contribution in [-0.4, -0.2) is 84.1 Å². The summed E-state index contributed by atoms with van der Waals surface area (Å²) in [4.78, 5) is 25.8. The highest BCUT2D eigenvalue weighted by Gasteiger charge is 2.38. The molecule has 6 nitrogen and oxygen atoms in total. The van der Waals surface area contributed by atoms with E-state index in [1.807, 2.05) is 48.3 Å². The fourth-order valence-corrected chi connectivity index (χ4v) is 6.10. The van der Waals surface area contributed by atoms with Gasteiger partial charge in [0.2, 0.25) is 5.91 Å². The Morgan fingerprint density at radius 1 is 0.932 bits per heavy atom. The lowest BCUT2D eigenvalue weighted by atomic mass is 9.95. The number of piperidine rings is 2. The first kappa shape index (κ1) is 31.7. The number of hydrogen-bond acceptors (Lipinski definition) is 5. The maximum absolute atomic E-state index is 15.9. The number of hydrogen-bond donors (Lipinski definition) is 0. The van der Waals surface area contributed by atoms with Crippen LogP contribution in [0.15, 0.2) is 79.1 Å². The van der Waals surface area contributed by atoms with Gasteiger partial charge in [-0.05, 0) is 93.0 Å². The first-order valence-corrected chi connectivity index (χ1v) is 15.0. The number of carbonyl (C=O) groups excluding carboxylic acids is 1. The Balaban J connectivity index is 1.32. The van der Waals surface area contributed by atoms with E-state index in [0.29, 0.717) is 24.6 Å². The molecule has 3 aromatic rings. The Labute approximate surface area is 256 Å². The number of benzene rings is 2. The van der Waals surface area contributed by atoms with Crippen LogP contribution < -0.4 is 4.90 Å². The summed E-state index contributed by atoms with van der Waals surface area (Å²) in [5.74, 6) is -0.372. The van der Waals surface area contributed by atoms with Crippen molar-refractivity contribution in [3.8, 4) is 0 Å². The molecule has 2 fully saturated rings. The van der Waals surface area contributed by atoms with Gasteiger partial charge in [-0.25, -0.2) is 4.39 Å². The predicted octanol–water partition coefficient (Wildman–Crippen LogP) is 6.42. The summed E-state index contributed by atoms with van der Waals surface area (Å²) in [5, 5.41) is 0. The van der Waals surface area contributed by atoms with Gasteiger partial charge in [0.05, 0.1) is 11.6 Å². The number of carbonyl (C=O) groups is 1. The molecular formula is C34H39F4N5O. The standard InChI is InChI=1S/C34H39F4N5O/c1-40-20-15-30(16-21-40)42-22-17-32(31(35)24-42)43(33(44)12-7-25-3-8-27(9-4-25)34(36,37)38)23-26-5-10-28(11-6-26)41(2)29-13-18-39-19-14-29/h3-14,18-19,30-32H,15-17,20-24H2,1-2H3/t31-,32-/m0/s1. The van der Waals surface area contributed by atoms with Crippen molar-refractivity contribution in [3.05, 3.63) is 95.8 Å². The minimum atomic E-state index is -4.43. The number of amides is 1. The van der Waals surface area contributed by atoms with Gasteiger partial charge in [0.1, 0.15) is 6.17 Å². The molecule has 2 aliphatic heterocycles. The molecule has 0 saturated carbocycles. The number of halogens is 4. The maximum atomic E-state index is 15.9. The summed E-state index contributed by atoms with van der Waals surface area (Å²) in [6.45, 7) is 3.19. The summed E-state index contributed by atoms with van der Waals surface area (Å²) >= 11 is 0. The first-order valence-electron chi connectivity index (χ1n) is 15.0. The van der Waals surface area contributed by atoms with Gasteiger partial charge in [-0.15, -0.1) is 0 Å². The number of anilines is 2. The van der Waals surface area contributed by atoms with Crippen molar-refractivity contribution in [2.24, 2.45) is 0 Å². The molecule has 0 aliphatic carbocycles. The van der Waals surface area contributed by atoms with Gasteiger partial charge in [-0.1, -0.05) is 24.3 Å². The Morgan fingerprint density at radius 2 is 1.57 bits per heavy atom. The molecule has 0 unspecified atom stereocenters. The summed E-state index contributed by atoms with van der Waals surface area (Å²) < 4.78 is 54.9. The van der Waals surface area contributed by atoms with E-state index in [1.54, 1.807) is 17.3 Å². The number of likely N-dealkylation sites (tertiary alicyclic amines) is 2. The van der Waals surface area contributed by atoms with Gasteiger partial charge in [0.25, 0.3) is 0 Å². The molecule has 2 saturated heterocycles. The van der Waals surface area contributed by atoms with Crippen LogP contribution in [0.2, 0.25) is 0 Å². The van der Waals surface area contributed by atoms with Crippen LogP contribution in [0, 0.1) is 0 Å². The number of rotatable bonds is 8. The monoisotopic (exact) mass is 609 g/mol. The third kappa shape index (κ3) is 7.84. The van der Waals surface area contributed by atoms with Gasteiger partial charge in [0, 0.05) is 62.6 Å². The van der Waals surface area contributed by atoms with Crippen molar-refractivity contribution in [1.29, 1.82) is 0 Å². The Kier molecular flexibility index (Phi) is 10.0. The summed E-state index contributed by atoms with van der Waals surface area (Å²) in [6.07, 6.45) is 3.16. The lowest BCUT2D eigenvalue weighted by Crippen LogP contribution is -2.57. The average Bonchev–Trinajstić information content (AvgIpc) is 3.03. The van der Waals surface area contributed by atoms with E-state index in [0.717, 1.165) is 55.0 Å². The second kappa shape index (κ2) is 13.9. The van der Waals surface area contributed by atoms with Crippen molar-refractivity contribution in [1.82, 2.24) is 19.7 Å². The normalized spacial score (nSPS) is 20.6. The Bertz CT molecular complexity index is 1390. The summed E-state index contributed by atoms with van der Waals surface area (Å²) in [5.41, 5.74) is 2.50. The third-order valence-electron chi connectivity index (χ3n) is 8.81. The molecule has 2 aliphatic rings. The van der Waals surface area contributed by atoms with E-state index in [9.17, 15) is 18.0 Å². The van der Waals surface area contributed by atoms with Crippen LogP contribution in [0.3, 0.4) is 0 Å². The number of pyridine rings is 1. The molecule has 2 atom stereocenters. The Hall–Kier alpha value is -3.76. The van der Waals surface area contributed by atoms with E-state index in [-0.39, 0.29) is 19.0 Å². The van der Waals surface area contributed by atoms with E-state index in [1.165, 1.54) is 24.3 Å². The van der Waals surface area contributed by atoms with Crippen molar-refractivity contribution < 1.29 is 22.4 Å². The van der Waals surface area contributed by atoms with Gasteiger partial charge in [0.15, 0.2) is 0 Å². The molecule has 0 spiro atoms. The molecule has 2 aromatic carbocycles. The molecule has 0 radical (unpaired) electrons. The van der Waals surface area contributed by atoms with Gasteiger partial charge < -0.3 is 14.7 Å². The van der Waals surface area contributed by atoms with Gasteiger partial charge in [-0.2, -0.15) is 13.2 Å². The van der Waals surface area contributed by atoms with E-state index >= 15 is 4.39 Å². The Morgan fingerprint density at radius 3 is 2.18 bits per heavy atom. The van der Waals surface area contributed by atoms with Crippen LogP contribution in [0.5, 0.6) is 0 Å². The van der Waals surface area contributed by atoms with E-state index < -0.39 is 24.0 Å². The second-order valence-corrected chi connectivity index (χ2v) is 11.8. The second-order valence-electron chi connectivity index (χ2n) is 11.8. The highest BCUT2D eigenvalue weighted by Crippen LogP contribution is 2.30. The minimum Gasteiger partial charge on any atom is -0.345 e. The zero-order valence-corrected chi connectivity index (χ0v) is 25.1. The SMILES string of the molecule is CN1CCC(N2CC[C@H](N(Cc3ccc(N(C)c4ccncc4)cc3)C(=O)C=Cc3ccc(C(F)(F)F)cc3)[C@@H](F)C2)CC1. The highest BCUT2D eigenvalue weighted by molar-refractivity contribution is 5.92. The zero-order chi connectivity index (χ0) is 31.3. The van der Waals surface area contributed by atoms with Crippen LogP contribution in [-0.2, 0) is 17.5 Å². The molecule has 44 heavy (non-hydrogen) atoms. The molecule has 0 N–H and O–H groups in total. The predicted molar refractivity (Wildman–Crippen MR) is 165 cm³/mol. The minimum absolute atomic E-state index is 0.217. The van der Waals surface area contributed by atoms with Crippen molar-refractivity contribution in [2.45, 2.75) is 50.2 Å². The molecule has 5 rings (SSSR count). The van der Waals surface area contributed by atoms with Gasteiger partial charge >= 0.3 is 6.18 Å².